The minimum Gasteiger partial charge on any atom is -0.320 e. The topological polar surface area (TPSA) is 26.0 Å². The molecular weight excluding hydrogens is 249 g/mol. The highest BCUT2D eigenvalue weighted by atomic mass is 35.5. The van der Waals surface area contributed by atoms with Crippen LogP contribution in [0.2, 0.25) is 5.02 Å². The summed E-state index contributed by atoms with van der Waals surface area (Å²) in [7, 11) is 0. The summed E-state index contributed by atoms with van der Waals surface area (Å²) in [5.41, 5.74) is 9.39. The fourth-order valence-electron chi connectivity index (χ4n) is 2.03. The first-order chi connectivity index (χ1) is 8.50. The van der Waals surface area contributed by atoms with Gasteiger partial charge in [0.05, 0.1) is 6.04 Å². The molecule has 0 spiro atoms. The van der Waals surface area contributed by atoms with Crippen molar-refractivity contribution in [1.82, 2.24) is 0 Å². The minimum absolute atomic E-state index is 0.285. The van der Waals surface area contributed by atoms with E-state index in [-0.39, 0.29) is 5.82 Å². The van der Waals surface area contributed by atoms with E-state index in [0.717, 1.165) is 16.7 Å². The van der Waals surface area contributed by atoms with E-state index in [9.17, 15) is 4.39 Å². The second kappa shape index (κ2) is 5.09. The standard InChI is InChI=1S/C15H15ClFN/c1-9-6-7-14(17)12(8-9)15(18)11-4-3-5-13(16)10(11)2/h3-8,15H,18H2,1-2H3. The number of aryl methyl sites for hydroxylation is 1. The summed E-state index contributed by atoms with van der Waals surface area (Å²) in [6, 6.07) is 9.98. The van der Waals surface area contributed by atoms with Gasteiger partial charge in [-0.3, -0.25) is 0 Å². The van der Waals surface area contributed by atoms with Crippen LogP contribution in [0.25, 0.3) is 0 Å². The van der Waals surface area contributed by atoms with Crippen molar-refractivity contribution in [3.8, 4) is 0 Å². The van der Waals surface area contributed by atoms with Gasteiger partial charge in [0.1, 0.15) is 5.82 Å². The van der Waals surface area contributed by atoms with Gasteiger partial charge in [-0.15, -0.1) is 0 Å². The van der Waals surface area contributed by atoms with Gasteiger partial charge in [-0.1, -0.05) is 41.4 Å². The number of rotatable bonds is 2. The van der Waals surface area contributed by atoms with Crippen LogP contribution in [0, 0.1) is 19.7 Å². The summed E-state index contributed by atoms with van der Waals surface area (Å²) >= 11 is 6.07. The molecule has 18 heavy (non-hydrogen) atoms. The Morgan fingerprint density at radius 2 is 1.83 bits per heavy atom. The molecule has 2 aromatic rings. The van der Waals surface area contributed by atoms with E-state index in [1.165, 1.54) is 6.07 Å². The van der Waals surface area contributed by atoms with E-state index >= 15 is 0 Å². The van der Waals surface area contributed by atoms with Crippen molar-refractivity contribution in [3.05, 3.63) is 69.5 Å². The van der Waals surface area contributed by atoms with Gasteiger partial charge in [0, 0.05) is 10.6 Å². The first-order valence-corrected chi connectivity index (χ1v) is 6.15. The van der Waals surface area contributed by atoms with Crippen LogP contribution in [0.3, 0.4) is 0 Å². The van der Waals surface area contributed by atoms with Crippen molar-refractivity contribution < 1.29 is 4.39 Å². The fraction of sp³-hybridized carbons (Fsp3) is 0.200. The molecular formula is C15H15ClFN. The molecule has 1 atom stereocenters. The van der Waals surface area contributed by atoms with Gasteiger partial charge in [0.2, 0.25) is 0 Å². The Kier molecular flexibility index (Phi) is 3.69. The molecule has 2 aromatic carbocycles. The van der Waals surface area contributed by atoms with Crippen LogP contribution in [-0.2, 0) is 0 Å². The molecule has 2 rings (SSSR count). The van der Waals surface area contributed by atoms with Crippen LogP contribution in [0.5, 0.6) is 0 Å². The zero-order chi connectivity index (χ0) is 13.3. The van der Waals surface area contributed by atoms with Gasteiger partial charge in [-0.25, -0.2) is 4.39 Å². The molecule has 0 heterocycles. The minimum atomic E-state index is -0.497. The molecule has 0 bridgehead atoms. The van der Waals surface area contributed by atoms with Crippen molar-refractivity contribution in [2.24, 2.45) is 5.73 Å². The average Bonchev–Trinajstić information content (AvgIpc) is 2.35. The zero-order valence-electron chi connectivity index (χ0n) is 10.4. The smallest absolute Gasteiger partial charge is 0.128 e. The Bertz CT molecular complexity index is 579. The molecule has 0 radical (unpaired) electrons. The normalized spacial score (nSPS) is 12.5. The van der Waals surface area contributed by atoms with Gasteiger partial charge in [-0.2, -0.15) is 0 Å². The maximum atomic E-state index is 13.8. The Labute approximate surface area is 111 Å². The van der Waals surface area contributed by atoms with Crippen LogP contribution in [0.15, 0.2) is 36.4 Å². The van der Waals surface area contributed by atoms with Gasteiger partial charge in [-0.05, 0) is 37.1 Å². The third kappa shape index (κ3) is 2.40. The van der Waals surface area contributed by atoms with E-state index in [0.29, 0.717) is 10.6 Å². The third-order valence-electron chi connectivity index (χ3n) is 3.13. The number of benzene rings is 2. The molecule has 0 aliphatic carbocycles. The molecule has 0 aromatic heterocycles. The van der Waals surface area contributed by atoms with Crippen molar-refractivity contribution in [1.29, 1.82) is 0 Å². The van der Waals surface area contributed by atoms with Crippen molar-refractivity contribution in [2.75, 3.05) is 0 Å². The highest BCUT2D eigenvalue weighted by Crippen LogP contribution is 2.28. The van der Waals surface area contributed by atoms with Gasteiger partial charge in [0.15, 0.2) is 0 Å². The van der Waals surface area contributed by atoms with Crippen molar-refractivity contribution in [3.63, 3.8) is 0 Å². The maximum Gasteiger partial charge on any atom is 0.128 e. The first kappa shape index (κ1) is 13.1. The zero-order valence-corrected chi connectivity index (χ0v) is 11.1. The summed E-state index contributed by atoms with van der Waals surface area (Å²) < 4.78 is 13.8. The SMILES string of the molecule is Cc1ccc(F)c(C(N)c2cccc(Cl)c2C)c1. The van der Waals surface area contributed by atoms with E-state index in [4.69, 9.17) is 17.3 Å². The van der Waals surface area contributed by atoms with Crippen molar-refractivity contribution >= 4 is 11.6 Å². The van der Waals surface area contributed by atoms with Crippen LogP contribution < -0.4 is 5.73 Å². The Hall–Kier alpha value is -1.38. The molecule has 0 aliphatic rings. The summed E-state index contributed by atoms with van der Waals surface area (Å²) in [5, 5.41) is 0.649. The van der Waals surface area contributed by atoms with E-state index in [1.54, 1.807) is 18.2 Å². The van der Waals surface area contributed by atoms with Crippen LogP contribution in [0.4, 0.5) is 4.39 Å². The number of hydrogen-bond donors (Lipinski definition) is 1. The average molecular weight is 264 g/mol. The second-order valence-electron chi connectivity index (χ2n) is 4.46. The predicted octanol–water partition coefficient (Wildman–Crippen LogP) is 4.14. The lowest BCUT2D eigenvalue weighted by Gasteiger charge is -2.17. The van der Waals surface area contributed by atoms with E-state index < -0.39 is 6.04 Å². The summed E-state index contributed by atoms with van der Waals surface area (Å²) in [6.45, 7) is 3.81. The van der Waals surface area contributed by atoms with E-state index in [1.807, 2.05) is 26.0 Å². The summed E-state index contributed by atoms with van der Waals surface area (Å²) in [6.07, 6.45) is 0. The van der Waals surface area contributed by atoms with Crippen LogP contribution in [0.1, 0.15) is 28.3 Å². The molecule has 0 aliphatic heterocycles. The molecule has 0 saturated carbocycles. The molecule has 94 valence electrons. The number of nitrogens with two attached hydrogens (primary N) is 1. The molecule has 3 heteroatoms. The van der Waals surface area contributed by atoms with Crippen LogP contribution in [-0.4, -0.2) is 0 Å². The maximum absolute atomic E-state index is 13.8. The predicted molar refractivity (Wildman–Crippen MR) is 73.4 cm³/mol. The Morgan fingerprint density at radius 1 is 1.11 bits per heavy atom. The van der Waals surface area contributed by atoms with Gasteiger partial charge < -0.3 is 5.73 Å². The van der Waals surface area contributed by atoms with Crippen LogP contribution >= 0.6 is 11.6 Å². The summed E-state index contributed by atoms with van der Waals surface area (Å²) in [4.78, 5) is 0. The Morgan fingerprint density at radius 3 is 2.56 bits per heavy atom. The molecule has 2 N–H and O–H groups in total. The molecule has 0 saturated heterocycles. The van der Waals surface area contributed by atoms with Gasteiger partial charge in [0.25, 0.3) is 0 Å². The molecule has 1 unspecified atom stereocenters. The molecule has 0 amide bonds. The number of halogens is 2. The quantitative estimate of drug-likeness (QED) is 0.866. The lowest BCUT2D eigenvalue weighted by atomic mass is 9.94. The number of hydrogen-bond acceptors (Lipinski definition) is 1. The van der Waals surface area contributed by atoms with Crippen molar-refractivity contribution in [2.45, 2.75) is 19.9 Å². The lowest BCUT2D eigenvalue weighted by molar-refractivity contribution is 0.598. The highest BCUT2D eigenvalue weighted by Gasteiger charge is 2.16. The van der Waals surface area contributed by atoms with E-state index in [2.05, 4.69) is 0 Å². The largest absolute Gasteiger partial charge is 0.320 e. The highest BCUT2D eigenvalue weighted by molar-refractivity contribution is 6.31. The first-order valence-electron chi connectivity index (χ1n) is 5.77. The molecule has 1 nitrogen and oxygen atoms in total. The molecule has 0 fully saturated rings. The fourth-order valence-corrected chi connectivity index (χ4v) is 2.21. The monoisotopic (exact) mass is 263 g/mol. The lowest BCUT2D eigenvalue weighted by Crippen LogP contribution is -2.15. The second-order valence-corrected chi connectivity index (χ2v) is 4.86. The summed E-state index contributed by atoms with van der Waals surface area (Å²) in [5.74, 6) is -0.285. The third-order valence-corrected chi connectivity index (χ3v) is 3.54. The van der Waals surface area contributed by atoms with Gasteiger partial charge >= 0.3 is 0 Å². The Balaban J connectivity index is 2.51.